The molecule has 94 valence electrons. The summed E-state index contributed by atoms with van der Waals surface area (Å²) in [5.41, 5.74) is 0. The van der Waals surface area contributed by atoms with Crippen LogP contribution in [-0.4, -0.2) is 0 Å². The van der Waals surface area contributed by atoms with Crippen LogP contribution >= 0.6 is 22.6 Å². The average molecular weight is 329 g/mol. The van der Waals surface area contributed by atoms with Crippen molar-refractivity contribution in [3.8, 4) is 11.5 Å². The molecule has 0 N–H and O–H groups in total. The quantitative estimate of drug-likeness (QED) is 0.440. The van der Waals surface area contributed by atoms with Gasteiger partial charge in [-0.05, 0) is 24.3 Å². The van der Waals surface area contributed by atoms with Crippen molar-refractivity contribution in [1.29, 1.82) is 0 Å². The number of para-hydroxylation sites is 2. The number of halogens is 1. The summed E-state index contributed by atoms with van der Waals surface area (Å²) in [6, 6.07) is 18.2. The largest absolute Gasteiger partial charge is 0.341 e. The third kappa shape index (κ3) is 4.63. The highest BCUT2D eigenvalue weighted by Crippen LogP contribution is 2.46. The van der Waals surface area contributed by atoms with E-state index in [1.807, 2.05) is 36.4 Å². The van der Waals surface area contributed by atoms with E-state index in [2.05, 4.69) is 15.5 Å². The first-order valence-corrected chi connectivity index (χ1v) is 8.29. The van der Waals surface area contributed by atoms with Crippen molar-refractivity contribution in [2.24, 2.45) is 0 Å². The van der Waals surface area contributed by atoms with Crippen LogP contribution in [0, 0.1) is 0 Å². The van der Waals surface area contributed by atoms with E-state index in [-0.39, 0.29) is 0 Å². The molecular weight excluding hydrogens is 319 g/mol. The summed E-state index contributed by atoms with van der Waals surface area (Å²) in [6.45, 7) is 0. The maximum atomic E-state index is 5.03. The van der Waals surface area contributed by atoms with Gasteiger partial charge in [0.2, 0.25) is 0 Å². The van der Waals surface area contributed by atoms with Gasteiger partial charge in [0.1, 0.15) is 0 Å². The predicted octanol–water partition coefficient (Wildman–Crippen LogP) is 4.63. The zero-order valence-corrected chi connectivity index (χ0v) is 11.7. The second-order valence-corrected chi connectivity index (χ2v) is 5.62. The molecule has 0 spiro atoms. The molecule has 2 aromatic carbocycles. The van der Waals surface area contributed by atoms with Crippen LogP contribution in [0.2, 0.25) is 0 Å². The van der Waals surface area contributed by atoms with Crippen LogP contribution in [0.4, 0.5) is 0 Å². The van der Waals surface area contributed by atoms with Crippen LogP contribution in [0.1, 0.15) is 0 Å². The van der Waals surface area contributed by atoms with Crippen molar-refractivity contribution in [3.63, 3.8) is 0 Å². The lowest BCUT2D eigenvalue weighted by Crippen LogP contribution is -1.95. The van der Waals surface area contributed by atoms with Crippen LogP contribution in [0.15, 0.2) is 60.7 Å². The highest BCUT2D eigenvalue weighted by molar-refractivity contribution is 9.38. The first kappa shape index (κ1) is 13.3. The first-order chi connectivity index (χ1) is 8.84. The molecule has 0 saturated heterocycles. The van der Waals surface area contributed by atoms with Gasteiger partial charge in [-0.1, -0.05) is 36.4 Å². The van der Waals surface area contributed by atoms with Gasteiger partial charge in [-0.2, -0.15) is 0 Å². The Morgan fingerprint density at radius 3 is 1.44 bits per heavy atom. The molecule has 0 amide bonds. The second-order valence-electron chi connectivity index (χ2n) is 3.15. The van der Waals surface area contributed by atoms with E-state index in [9.17, 15) is 0 Å². The minimum absolute atomic E-state index is 0.591. The molecule has 0 saturated carbocycles. The lowest BCUT2D eigenvalue weighted by Gasteiger charge is -2.09. The first-order valence-electron chi connectivity index (χ1n) is 5.10. The van der Waals surface area contributed by atoms with Crippen LogP contribution in [0.5, 0.6) is 11.5 Å². The molecule has 6 heteroatoms. The average Bonchev–Trinajstić information content (AvgIpc) is 2.45. The minimum atomic E-state index is -1.46. The third-order valence-corrected chi connectivity index (χ3v) is 2.96. The van der Waals surface area contributed by atoms with Crippen molar-refractivity contribution >= 4 is 22.6 Å². The molecule has 0 bridgehead atoms. The maximum Gasteiger partial charge on any atom is 0.341 e. The van der Waals surface area contributed by atoms with E-state index in [0.29, 0.717) is 11.5 Å². The summed E-state index contributed by atoms with van der Waals surface area (Å²) in [6.07, 6.45) is 0. The van der Waals surface area contributed by atoms with Crippen molar-refractivity contribution in [3.05, 3.63) is 60.7 Å². The predicted molar refractivity (Wildman–Crippen MR) is 72.2 cm³/mol. The zero-order chi connectivity index (χ0) is 12.6. The molecule has 0 aliphatic carbocycles. The summed E-state index contributed by atoms with van der Waals surface area (Å²) in [4.78, 5) is 10.1. The lowest BCUT2D eigenvalue weighted by molar-refractivity contribution is -0.150. The minimum Gasteiger partial charge on any atom is -0.331 e. The molecule has 0 heterocycles. The Balaban J connectivity index is 1.71. The van der Waals surface area contributed by atoms with Gasteiger partial charge >= 0.3 is 7.08 Å². The standard InChI is InChI=1S/C12H10BrO4P/c13-18(16-14-11-7-3-1-4-8-11)17-15-12-9-5-2-6-10-12/h1-10H. The topological polar surface area (TPSA) is 36.9 Å². The Hall–Kier alpha value is -1.13. The molecule has 0 atom stereocenters. The molecular formula is C12H10BrO4P. The molecule has 0 radical (unpaired) electrons. The summed E-state index contributed by atoms with van der Waals surface area (Å²) in [7, 11) is -1.46. The van der Waals surface area contributed by atoms with Crippen molar-refractivity contribution in [1.82, 2.24) is 0 Å². The molecule has 2 aromatic rings. The van der Waals surface area contributed by atoms with Gasteiger partial charge in [0.15, 0.2) is 11.5 Å². The van der Waals surface area contributed by atoms with E-state index in [1.54, 1.807) is 24.3 Å². The molecule has 2 rings (SSSR count). The highest BCUT2D eigenvalue weighted by atomic mass is 79.9. The Bertz CT molecular complexity index is 411. The monoisotopic (exact) mass is 328 g/mol. The summed E-state index contributed by atoms with van der Waals surface area (Å²) < 4.78 is 9.97. The maximum absolute atomic E-state index is 5.03. The van der Waals surface area contributed by atoms with E-state index in [4.69, 9.17) is 19.1 Å². The van der Waals surface area contributed by atoms with E-state index in [1.165, 1.54) is 0 Å². The van der Waals surface area contributed by atoms with Crippen LogP contribution in [-0.2, 0) is 9.35 Å². The molecule has 0 aliphatic rings. The van der Waals surface area contributed by atoms with Crippen LogP contribution in [0.25, 0.3) is 0 Å². The Labute approximate surface area is 114 Å². The normalized spacial score (nSPS) is 10.3. The fourth-order valence-electron chi connectivity index (χ4n) is 1.11. The molecule has 0 aliphatic heterocycles. The summed E-state index contributed by atoms with van der Waals surface area (Å²) >= 11 is 3.16. The fourth-order valence-corrected chi connectivity index (χ4v) is 1.78. The summed E-state index contributed by atoms with van der Waals surface area (Å²) in [5.74, 6) is 1.18. The molecule has 18 heavy (non-hydrogen) atoms. The van der Waals surface area contributed by atoms with Gasteiger partial charge in [-0.15, -0.1) is 9.35 Å². The van der Waals surface area contributed by atoms with Gasteiger partial charge in [0, 0.05) is 15.5 Å². The molecule has 0 unspecified atom stereocenters. The van der Waals surface area contributed by atoms with E-state index in [0.717, 1.165) is 0 Å². The van der Waals surface area contributed by atoms with Crippen molar-refractivity contribution in [2.75, 3.05) is 0 Å². The Morgan fingerprint density at radius 2 is 1.06 bits per heavy atom. The van der Waals surface area contributed by atoms with Gasteiger partial charge in [-0.3, -0.25) is 0 Å². The number of hydrogen-bond acceptors (Lipinski definition) is 4. The Morgan fingerprint density at radius 1 is 0.667 bits per heavy atom. The highest BCUT2D eigenvalue weighted by Gasteiger charge is 2.10. The SMILES string of the molecule is BrP(OOc1ccccc1)OOc1ccccc1. The molecule has 4 nitrogen and oxygen atoms in total. The van der Waals surface area contributed by atoms with Crippen molar-refractivity contribution in [2.45, 2.75) is 0 Å². The second kappa shape index (κ2) is 7.34. The summed E-state index contributed by atoms with van der Waals surface area (Å²) in [5, 5.41) is 0. The zero-order valence-electron chi connectivity index (χ0n) is 9.23. The van der Waals surface area contributed by atoms with Gasteiger partial charge in [0.05, 0.1) is 0 Å². The molecule has 0 fully saturated rings. The van der Waals surface area contributed by atoms with Crippen LogP contribution in [0.3, 0.4) is 0 Å². The lowest BCUT2D eigenvalue weighted by atomic mass is 10.3. The van der Waals surface area contributed by atoms with Crippen LogP contribution < -0.4 is 9.78 Å². The van der Waals surface area contributed by atoms with Gasteiger partial charge < -0.3 is 9.78 Å². The number of hydrogen-bond donors (Lipinski definition) is 0. The van der Waals surface area contributed by atoms with Crippen molar-refractivity contribution < 1.29 is 19.1 Å². The van der Waals surface area contributed by atoms with Gasteiger partial charge in [-0.25, -0.2) is 0 Å². The molecule has 0 aromatic heterocycles. The smallest absolute Gasteiger partial charge is 0.331 e. The fraction of sp³-hybridized carbons (Fsp3) is 0. The van der Waals surface area contributed by atoms with E-state index < -0.39 is 7.08 Å². The van der Waals surface area contributed by atoms with E-state index >= 15 is 0 Å². The van der Waals surface area contributed by atoms with Gasteiger partial charge in [0.25, 0.3) is 0 Å². The number of rotatable bonds is 6. The third-order valence-electron chi connectivity index (χ3n) is 1.87. The Kier molecular flexibility index (Phi) is 5.42. The number of benzene rings is 2.